The normalized spacial score (nSPS) is 16.1. The van der Waals surface area contributed by atoms with E-state index in [1.165, 1.54) is 27.8 Å². The van der Waals surface area contributed by atoms with Gasteiger partial charge in [0.25, 0.3) is 0 Å². The first kappa shape index (κ1) is 16.7. The zero-order valence-corrected chi connectivity index (χ0v) is 15.3. The lowest BCUT2D eigenvalue weighted by molar-refractivity contribution is 1.45. The molecule has 1 heteroatoms. The van der Waals surface area contributed by atoms with Gasteiger partial charge >= 0.3 is 0 Å². The molecule has 0 N–H and O–H groups in total. The van der Waals surface area contributed by atoms with E-state index in [0.717, 1.165) is 4.91 Å². The lowest BCUT2D eigenvalue weighted by Crippen LogP contribution is -1.99. The second-order valence-electron chi connectivity index (χ2n) is 6.28. The molecule has 3 aromatic rings. The van der Waals surface area contributed by atoms with Gasteiger partial charge in [-0.25, -0.2) is 0 Å². The van der Waals surface area contributed by atoms with Crippen molar-refractivity contribution in [2.45, 2.75) is 5.25 Å². The largest absolute Gasteiger partial charge is 0.114 e. The predicted octanol–water partition coefficient (Wildman–Crippen LogP) is 6.94. The smallest absolute Gasteiger partial charge is 0.0539 e. The molecule has 0 aromatic heterocycles. The summed E-state index contributed by atoms with van der Waals surface area (Å²) in [5.41, 5.74) is 6.34. The Morgan fingerprint density at radius 2 is 1.23 bits per heavy atom. The van der Waals surface area contributed by atoms with Crippen LogP contribution in [0.5, 0.6) is 0 Å². The summed E-state index contributed by atoms with van der Waals surface area (Å²) >= 11 is 1.82. The van der Waals surface area contributed by atoms with E-state index in [4.69, 9.17) is 0 Å². The minimum Gasteiger partial charge on any atom is -0.114 e. The van der Waals surface area contributed by atoms with E-state index < -0.39 is 0 Å². The van der Waals surface area contributed by atoms with Gasteiger partial charge in [0, 0.05) is 4.91 Å². The summed E-state index contributed by atoms with van der Waals surface area (Å²) in [4.78, 5) is 1.10. The van der Waals surface area contributed by atoms with E-state index in [2.05, 4.69) is 104 Å². The fourth-order valence-corrected chi connectivity index (χ4v) is 4.31. The van der Waals surface area contributed by atoms with Gasteiger partial charge in [0.1, 0.15) is 0 Å². The van der Waals surface area contributed by atoms with Gasteiger partial charge in [0.15, 0.2) is 0 Å². The van der Waals surface area contributed by atoms with Gasteiger partial charge in [0.05, 0.1) is 5.25 Å². The van der Waals surface area contributed by atoms with Crippen molar-refractivity contribution in [1.82, 2.24) is 0 Å². The van der Waals surface area contributed by atoms with Gasteiger partial charge < -0.3 is 0 Å². The zero-order valence-electron chi connectivity index (χ0n) is 14.5. The summed E-state index contributed by atoms with van der Waals surface area (Å²) in [6.07, 6.45) is 4.68. The van der Waals surface area contributed by atoms with Crippen LogP contribution < -0.4 is 0 Å². The number of hydrogen-bond donors (Lipinski definition) is 0. The van der Waals surface area contributed by atoms with E-state index in [1.54, 1.807) is 0 Å². The molecule has 3 aromatic carbocycles. The standard InChI is InChI=1S/C25H20S/c1-19(20-11-5-2-6-12-20)26-25-18-23(21-13-7-3-8-14-21)17-24(25)22-15-9-4-10-16-22/h2-18,25H,1H2. The highest BCUT2D eigenvalue weighted by molar-refractivity contribution is 8.09. The number of thioether (sulfide) groups is 1. The molecule has 0 amide bonds. The molecule has 0 bridgehead atoms. The van der Waals surface area contributed by atoms with E-state index in [1.807, 2.05) is 17.8 Å². The Labute approximate surface area is 159 Å². The third-order valence-electron chi connectivity index (χ3n) is 4.53. The lowest BCUT2D eigenvalue weighted by Gasteiger charge is -2.15. The summed E-state index contributed by atoms with van der Waals surface area (Å²) in [7, 11) is 0. The average Bonchev–Trinajstić information content (AvgIpc) is 3.14. The second kappa shape index (κ2) is 7.63. The van der Waals surface area contributed by atoms with Crippen molar-refractivity contribution in [2.24, 2.45) is 0 Å². The molecule has 0 fully saturated rings. The monoisotopic (exact) mass is 352 g/mol. The number of allylic oxidation sites excluding steroid dienone is 2. The van der Waals surface area contributed by atoms with Gasteiger partial charge in [-0.05, 0) is 33.9 Å². The minimum atomic E-state index is 0.264. The molecule has 1 atom stereocenters. The van der Waals surface area contributed by atoms with Gasteiger partial charge in [0.2, 0.25) is 0 Å². The van der Waals surface area contributed by atoms with Crippen LogP contribution in [0.15, 0.2) is 110 Å². The molecule has 0 nitrogen and oxygen atoms in total. The van der Waals surface area contributed by atoms with Crippen LogP contribution in [-0.4, -0.2) is 5.25 Å². The summed E-state index contributed by atoms with van der Waals surface area (Å²) in [6, 6.07) is 31.6. The van der Waals surface area contributed by atoms with Gasteiger partial charge in [-0.3, -0.25) is 0 Å². The van der Waals surface area contributed by atoms with Crippen molar-refractivity contribution < 1.29 is 0 Å². The Bertz CT molecular complexity index is 951. The molecule has 26 heavy (non-hydrogen) atoms. The van der Waals surface area contributed by atoms with Crippen LogP contribution in [0.3, 0.4) is 0 Å². The summed E-state index contributed by atoms with van der Waals surface area (Å²) in [5, 5.41) is 0.264. The molecular formula is C25H20S. The molecule has 1 aliphatic carbocycles. The maximum atomic E-state index is 4.32. The van der Waals surface area contributed by atoms with Crippen molar-refractivity contribution in [1.29, 1.82) is 0 Å². The molecule has 0 radical (unpaired) electrons. The van der Waals surface area contributed by atoms with Crippen LogP contribution in [0, 0.1) is 0 Å². The van der Waals surface area contributed by atoms with Gasteiger partial charge in [-0.1, -0.05) is 104 Å². The first-order valence-corrected chi connectivity index (χ1v) is 9.64. The van der Waals surface area contributed by atoms with Crippen molar-refractivity contribution in [3.63, 3.8) is 0 Å². The molecular weight excluding hydrogens is 332 g/mol. The SMILES string of the molecule is C=C(SC1C=C(c2ccccc2)C=C1c1ccccc1)c1ccccc1. The van der Waals surface area contributed by atoms with Crippen LogP contribution in [0.1, 0.15) is 16.7 Å². The average molecular weight is 353 g/mol. The molecule has 0 spiro atoms. The topological polar surface area (TPSA) is 0 Å². The Kier molecular flexibility index (Phi) is 4.90. The Hall–Kier alpha value is -2.77. The van der Waals surface area contributed by atoms with E-state index >= 15 is 0 Å². The molecule has 126 valence electrons. The minimum absolute atomic E-state index is 0.264. The van der Waals surface area contributed by atoms with Gasteiger partial charge in [-0.2, -0.15) is 0 Å². The molecule has 1 aliphatic rings. The molecule has 4 rings (SSSR count). The van der Waals surface area contributed by atoms with Crippen molar-refractivity contribution in [3.05, 3.63) is 126 Å². The molecule has 0 saturated carbocycles. The maximum Gasteiger partial charge on any atom is 0.0539 e. The van der Waals surface area contributed by atoms with Crippen LogP contribution in [0.2, 0.25) is 0 Å². The third kappa shape index (κ3) is 3.58. The number of hydrogen-bond acceptors (Lipinski definition) is 1. The number of rotatable bonds is 5. The van der Waals surface area contributed by atoms with Gasteiger partial charge in [-0.15, -0.1) is 11.8 Å². The molecule has 0 aliphatic heterocycles. The fourth-order valence-electron chi connectivity index (χ4n) is 3.18. The predicted molar refractivity (Wildman–Crippen MR) is 116 cm³/mol. The van der Waals surface area contributed by atoms with Crippen LogP contribution in [-0.2, 0) is 0 Å². The van der Waals surface area contributed by atoms with Crippen LogP contribution in [0.25, 0.3) is 16.1 Å². The van der Waals surface area contributed by atoms with Crippen LogP contribution in [0.4, 0.5) is 0 Å². The quantitative estimate of drug-likeness (QED) is 0.479. The first-order valence-electron chi connectivity index (χ1n) is 8.76. The maximum absolute atomic E-state index is 4.32. The van der Waals surface area contributed by atoms with Crippen molar-refractivity contribution in [3.8, 4) is 0 Å². The fraction of sp³-hybridized carbons (Fsp3) is 0.0400. The Morgan fingerprint density at radius 3 is 1.85 bits per heavy atom. The highest BCUT2D eigenvalue weighted by Gasteiger charge is 2.23. The second-order valence-corrected chi connectivity index (χ2v) is 7.52. The van der Waals surface area contributed by atoms with Crippen molar-refractivity contribution in [2.75, 3.05) is 0 Å². The highest BCUT2D eigenvalue weighted by Crippen LogP contribution is 2.43. The van der Waals surface area contributed by atoms with E-state index in [-0.39, 0.29) is 5.25 Å². The highest BCUT2D eigenvalue weighted by atomic mass is 32.2. The van der Waals surface area contributed by atoms with Crippen molar-refractivity contribution >= 4 is 27.8 Å². The molecule has 0 saturated heterocycles. The third-order valence-corrected chi connectivity index (χ3v) is 5.69. The number of benzene rings is 3. The van der Waals surface area contributed by atoms with Crippen LogP contribution >= 0.6 is 11.8 Å². The Balaban J connectivity index is 1.67. The van der Waals surface area contributed by atoms with E-state index in [9.17, 15) is 0 Å². The lowest BCUT2D eigenvalue weighted by atomic mass is 10.0. The molecule has 1 unspecified atom stereocenters. The van der Waals surface area contributed by atoms with E-state index in [0.29, 0.717) is 0 Å². The summed E-state index contributed by atoms with van der Waals surface area (Å²) in [6.45, 7) is 4.32. The Morgan fingerprint density at radius 1 is 0.692 bits per heavy atom. The molecule has 0 heterocycles. The summed E-state index contributed by atoms with van der Waals surface area (Å²) < 4.78 is 0. The summed E-state index contributed by atoms with van der Waals surface area (Å²) in [5.74, 6) is 0. The first-order chi connectivity index (χ1) is 12.8. The zero-order chi connectivity index (χ0) is 17.8.